The van der Waals surface area contributed by atoms with E-state index >= 15 is 0 Å². The van der Waals surface area contributed by atoms with Crippen molar-refractivity contribution in [2.24, 2.45) is 5.41 Å². The Morgan fingerprint density at radius 1 is 1.21 bits per heavy atom. The van der Waals surface area contributed by atoms with Crippen LogP contribution in [0.4, 0.5) is 0 Å². The van der Waals surface area contributed by atoms with Crippen LogP contribution in [0.2, 0.25) is 0 Å². The third kappa shape index (κ3) is 4.32. The predicted molar refractivity (Wildman–Crippen MR) is 105 cm³/mol. The van der Waals surface area contributed by atoms with E-state index in [1.165, 1.54) is 0 Å². The summed E-state index contributed by atoms with van der Waals surface area (Å²) >= 11 is 0. The second kappa shape index (κ2) is 8.87. The van der Waals surface area contributed by atoms with Gasteiger partial charge in [0, 0.05) is 31.0 Å². The predicted octanol–water partition coefficient (Wildman–Crippen LogP) is 3.12. The summed E-state index contributed by atoms with van der Waals surface area (Å²) in [6, 6.07) is 11.1. The van der Waals surface area contributed by atoms with Crippen molar-refractivity contribution in [1.82, 2.24) is 9.88 Å². The summed E-state index contributed by atoms with van der Waals surface area (Å²) in [6.07, 6.45) is 5.14. The molecule has 148 valence electrons. The van der Waals surface area contributed by atoms with E-state index in [9.17, 15) is 9.59 Å². The Kier molecular flexibility index (Phi) is 6.29. The summed E-state index contributed by atoms with van der Waals surface area (Å²) in [4.78, 5) is 31.7. The fourth-order valence-corrected chi connectivity index (χ4v) is 3.82. The van der Waals surface area contributed by atoms with Gasteiger partial charge in [-0.1, -0.05) is 12.1 Å². The number of carbonyl (C=O) groups excluding carboxylic acids is 2. The summed E-state index contributed by atoms with van der Waals surface area (Å²) in [5.41, 5.74) is 0.810. The minimum Gasteiger partial charge on any atom is -0.497 e. The van der Waals surface area contributed by atoms with Gasteiger partial charge in [-0.15, -0.1) is 0 Å². The maximum atomic E-state index is 13.0. The maximum Gasteiger partial charge on any atom is 0.314 e. The van der Waals surface area contributed by atoms with E-state index in [-0.39, 0.29) is 11.9 Å². The lowest BCUT2D eigenvalue weighted by Gasteiger charge is -2.41. The van der Waals surface area contributed by atoms with E-state index in [0.29, 0.717) is 38.1 Å². The molecule has 0 unspecified atom stereocenters. The second-order valence-corrected chi connectivity index (χ2v) is 7.10. The summed E-state index contributed by atoms with van der Waals surface area (Å²) in [7, 11) is 1.62. The maximum absolute atomic E-state index is 13.0. The van der Waals surface area contributed by atoms with E-state index in [2.05, 4.69) is 4.98 Å². The molecule has 1 fully saturated rings. The molecule has 1 atom stereocenters. The Bertz CT molecular complexity index is 824. The number of aromatic nitrogens is 1. The molecule has 0 saturated carbocycles. The van der Waals surface area contributed by atoms with Crippen molar-refractivity contribution < 1.29 is 19.1 Å². The average molecular weight is 382 g/mol. The van der Waals surface area contributed by atoms with Crippen LogP contribution < -0.4 is 4.74 Å². The highest BCUT2D eigenvalue weighted by Crippen LogP contribution is 2.36. The smallest absolute Gasteiger partial charge is 0.314 e. The minimum atomic E-state index is -0.761. The molecule has 28 heavy (non-hydrogen) atoms. The molecule has 1 aliphatic rings. The van der Waals surface area contributed by atoms with Crippen LogP contribution in [0.3, 0.4) is 0 Å². The largest absolute Gasteiger partial charge is 0.497 e. The number of esters is 1. The number of rotatable bonds is 6. The van der Waals surface area contributed by atoms with Crippen molar-refractivity contribution >= 4 is 11.9 Å². The molecule has 6 nitrogen and oxygen atoms in total. The molecule has 3 rings (SSSR count). The van der Waals surface area contributed by atoms with Gasteiger partial charge in [-0.25, -0.2) is 0 Å². The number of benzene rings is 1. The van der Waals surface area contributed by atoms with Crippen LogP contribution in [0.25, 0.3) is 0 Å². The SMILES string of the molecule is CCOC(=O)[C@@]1(Cc2cccc(OC)c2)CCCN(C(=O)c2ccncc2)C1. The van der Waals surface area contributed by atoms with E-state index < -0.39 is 5.41 Å². The Morgan fingerprint density at radius 2 is 2.00 bits per heavy atom. The van der Waals surface area contributed by atoms with E-state index in [0.717, 1.165) is 17.7 Å². The fraction of sp³-hybridized carbons (Fsp3) is 0.409. The lowest BCUT2D eigenvalue weighted by atomic mass is 9.75. The van der Waals surface area contributed by atoms with Crippen LogP contribution in [0.1, 0.15) is 35.7 Å². The van der Waals surface area contributed by atoms with Crippen molar-refractivity contribution in [2.75, 3.05) is 26.8 Å². The summed E-state index contributed by atoms with van der Waals surface area (Å²) in [6.45, 7) is 3.08. The number of nitrogens with zero attached hydrogens (tertiary/aromatic N) is 2. The van der Waals surface area contributed by atoms with Gasteiger partial charge in [0.1, 0.15) is 5.75 Å². The number of ether oxygens (including phenoxy) is 2. The molecule has 0 N–H and O–H groups in total. The van der Waals surface area contributed by atoms with Gasteiger partial charge >= 0.3 is 5.97 Å². The molecule has 1 saturated heterocycles. The molecule has 0 aliphatic carbocycles. The molecule has 0 spiro atoms. The van der Waals surface area contributed by atoms with Crippen LogP contribution in [0, 0.1) is 5.41 Å². The number of methoxy groups -OCH3 is 1. The standard InChI is InChI=1S/C22H26N2O4/c1-3-28-21(26)22(15-17-6-4-7-19(14-17)27-2)10-5-13-24(16-22)20(25)18-8-11-23-12-9-18/h4,6-9,11-12,14H,3,5,10,13,15-16H2,1-2H3/t22-/m1/s1. The Labute approximate surface area is 165 Å². The molecule has 0 bridgehead atoms. The van der Waals surface area contributed by atoms with Crippen LogP contribution in [-0.4, -0.2) is 48.6 Å². The van der Waals surface area contributed by atoms with Crippen molar-refractivity contribution in [3.05, 3.63) is 59.9 Å². The number of amides is 1. The summed E-state index contributed by atoms with van der Waals surface area (Å²) in [5, 5.41) is 0. The molecular formula is C22H26N2O4. The van der Waals surface area contributed by atoms with Gasteiger partial charge < -0.3 is 14.4 Å². The van der Waals surface area contributed by atoms with Gasteiger partial charge in [0.15, 0.2) is 0 Å². The van der Waals surface area contributed by atoms with Gasteiger partial charge in [0.05, 0.1) is 19.1 Å². The first-order valence-corrected chi connectivity index (χ1v) is 9.57. The zero-order valence-electron chi connectivity index (χ0n) is 16.4. The zero-order chi connectivity index (χ0) is 20.0. The first kappa shape index (κ1) is 19.9. The monoisotopic (exact) mass is 382 g/mol. The molecule has 1 aromatic heterocycles. The van der Waals surface area contributed by atoms with Gasteiger partial charge in [0.25, 0.3) is 5.91 Å². The highest BCUT2D eigenvalue weighted by molar-refractivity contribution is 5.94. The Hall–Kier alpha value is -2.89. The Morgan fingerprint density at radius 3 is 2.71 bits per heavy atom. The van der Waals surface area contributed by atoms with Gasteiger partial charge in [0.2, 0.25) is 0 Å². The minimum absolute atomic E-state index is 0.0820. The van der Waals surface area contributed by atoms with Crippen LogP contribution in [-0.2, 0) is 16.0 Å². The normalized spacial score (nSPS) is 19.1. The van der Waals surface area contributed by atoms with Crippen LogP contribution >= 0.6 is 0 Å². The number of hydrogen-bond acceptors (Lipinski definition) is 5. The highest BCUT2D eigenvalue weighted by Gasteiger charge is 2.45. The summed E-state index contributed by atoms with van der Waals surface area (Å²) < 4.78 is 10.7. The molecule has 0 radical (unpaired) electrons. The second-order valence-electron chi connectivity index (χ2n) is 7.10. The van der Waals surface area contributed by atoms with Crippen LogP contribution in [0.15, 0.2) is 48.8 Å². The topological polar surface area (TPSA) is 68.7 Å². The highest BCUT2D eigenvalue weighted by atomic mass is 16.5. The quantitative estimate of drug-likeness (QED) is 0.718. The molecule has 2 aromatic rings. The first-order valence-electron chi connectivity index (χ1n) is 9.57. The zero-order valence-corrected chi connectivity index (χ0v) is 16.4. The van der Waals surface area contributed by atoms with Gasteiger partial charge in [-0.3, -0.25) is 14.6 Å². The number of pyridine rings is 1. The molecule has 2 heterocycles. The van der Waals surface area contributed by atoms with Gasteiger partial charge in [-0.2, -0.15) is 0 Å². The Balaban J connectivity index is 1.88. The number of hydrogen-bond donors (Lipinski definition) is 0. The summed E-state index contributed by atoms with van der Waals surface area (Å²) in [5.74, 6) is 0.420. The fourth-order valence-electron chi connectivity index (χ4n) is 3.82. The lowest BCUT2D eigenvalue weighted by Crippen LogP contribution is -2.51. The molecular weight excluding hydrogens is 356 g/mol. The van der Waals surface area contributed by atoms with Crippen molar-refractivity contribution in [1.29, 1.82) is 0 Å². The van der Waals surface area contributed by atoms with Gasteiger partial charge in [-0.05, 0) is 56.0 Å². The molecule has 1 amide bonds. The van der Waals surface area contributed by atoms with E-state index in [1.807, 2.05) is 24.3 Å². The molecule has 6 heteroatoms. The third-order valence-electron chi connectivity index (χ3n) is 5.18. The van der Waals surface area contributed by atoms with E-state index in [4.69, 9.17) is 9.47 Å². The lowest BCUT2D eigenvalue weighted by molar-refractivity contribution is -0.158. The number of carbonyl (C=O) groups is 2. The van der Waals surface area contributed by atoms with Crippen LogP contribution in [0.5, 0.6) is 5.75 Å². The average Bonchev–Trinajstić information content (AvgIpc) is 2.74. The molecule has 1 aromatic carbocycles. The number of likely N-dealkylation sites (tertiary alicyclic amines) is 1. The third-order valence-corrected chi connectivity index (χ3v) is 5.18. The van der Waals surface area contributed by atoms with Crippen molar-refractivity contribution in [2.45, 2.75) is 26.2 Å². The van der Waals surface area contributed by atoms with Crippen molar-refractivity contribution in [3.8, 4) is 5.75 Å². The number of piperidine rings is 1. The van der Waals surface area contributed by atoms with Crippen molar-refractivity contribution in [3.63, 3.8) is 0 Å². The molecule has 1 aliphatic heterocycles. The first-order chi connectivity index (χ1) is 13.6. The van der Waals surface area contributed by atoms with E-state index in [1.54, 1.807) is 43.5 Å².